The highest BCUT2D eigenvalue weighted by Gasteiger charge is 2.01. The van der Waals surface area contributed by atoms with Crippen LogP contribution in [0.2, 0.25) is 10.0 Å². The normalized spacial score (nSPS) is 10.8. The fourth-order valence-electron chi connectivity index (χ4n) is 1.48. The van der Waals surface area contributed by atoms with Crippen LogP contribution in [0.5, 0.6) is 0 Å². The van der Waals surface area contributed by atoms with E-state index >= 15 is 0 Å². The van der Waals surface area contributed by atoms with E-state index in [9.17, 15) is 4.79 Å². The Morgan fingerprint density at radius 2 is 2.05 bits per heavy atom. The van der Waals surface area contributed by atoms with Gasteiger partial charge in [0.2, 0.25) is 0 Å². The molecule has 3 N–H and O–H groups in total. The summed E-state index contributed by atoms with van der Waals surface area (Å²) >= 11 is 16.9. The Morgan fingerprint density at radius 1 is 1.32 bits per heavy atom. The molecular formula is C15H19Cl2N3OS. The molecule has 0 fully saturated rings. The molecule has 7 heteroatoms. The van der Waals surface area contributed by atoms with Crippen molar-refractivity contribution >= 4 is 52.5 Å². The van der Waals surface area contributed by atoms with Gasteiger partial charge in [-0.25, -0.2) is 0 Å². The van der Waals surface area contributed by atoms with Crippen molar-refractivity contribution in [3.05, 3.63) is 39.9 Å². The Kier molecular flexibility index (Phi) is 8.24. The van der Waals surface area contributed by atoms with Crippen molar-refractivity contribution in [1.82, 2.24) is 16.2 Å². The highest BCUT2D eigenvalue weighted by molar-refractivity contribution is 7.80. The number of thiocarbonyl (C=S) groups is 1. The first-order valence-corrected chi connectivity index (χ1v) is 8.02. The molecule has 0 bridgehead atoms. The number of hydrogen-bond acceptors (Lipinski definition) is 2. The Morgan fingerprint density at radius 3 is 2.68 bits per heavy atom. The number of carbonyl (C=O) groups excluding carboxylic acids is 1. The van der Waals surface area contributed by atoms with Crippen LogP contribution in [-0.4, -0.2) is 17.6 Å². The smallest absolute Gasteiger partial charge is 0.262 e. The fourth-order valence-corrected chi connectivity index (χ4v) is 2.11. The number of hydrogen-bond donors (Lipinski definition) is 3. The summed E-state index contributed by atoms with van der Waals surface area (Å²) in [5.74, 6) is 0.260. The van der Waals surface area contributed by atoms with Gasteiger partial charge in [0.25, 0.3) is 5.91 Å². The summed E-state index contributed by atoms with van der Waals surface area (Å²) in [5, 5.41) is 4.41. The average Bonchev–Trinajstić information content (AvgIpc) is 2.43. The van der Waals surface area contributed by atoms with Crippen molar-refractivity contribution in [3.63, 3.8) is 0 Å². The van der Waals surface area contributed by atoms with Gasteiger partial charge in [-0.3, -0.25) is 15.6 Å². The topological polar surface area (TPSA) is 53.2 Å². The molecule has 0 aliphatic carbocycles. The lowest BCUT2D eigenvalue weighted by Gasteiger charge is -2.11. The van der Waals surface area contributed by atoms with Crippen molar-refractivity contribution in [1.29, 1.82) is 0 Å². The molecule has 1 amide bonds. The van der Waals surface area contributed by atoms with Crippen LogP contribution in [0.4, 0.5) is 0 Å². The Labute approximate surface area is 146 Å². The zero-order chi connectivity index (χ0) is 16.5. The van der Waals surface area contributed by atoms with Crippen LogP contribution >= 0.6 is 35.4 Å². The maximum atomic E-state index is 11.7. The molecule has 0 heterocycles. The molecule has 1 aromatic carbocycles. The first-order chi connectivity index (χ1) is 10.4. The van der Waals surface area contributed by atoms with Gasteiger partial charge < -0.3 is 5.32 Å². The van der Waals surface area contributed by atoms with Crippen LogP contribution in [0.3, 0.4) is 0 Å². The summed E-state index contributed by atoms with van der Waals surface area (Å²) in [5.41, 5.74) is 5.81. The van der Waals surface area contributed by atoms with Crippen LogP contribution in [-0.2, 0) is 4.79 Å². The van der Waals surface area contributed by atoms with E-state index in [2.05, 4.69) is 30.0 Å². The summed E-state index contributed by atoms with van der Waals surface area (Å²) in [6.07, 6.45) is 3.97. The van der Waals surface area contributed by atoms with Crippen LogP contribution in [0, 0.1) is 5.92 Å². The Hall–Kier alpha value is -1.30. The van der Waals surface area contributed by atoms with E-state index in [1.807, 2.05) is 0 Å². The van der Waals surface area contributed by atoms with Gasteiger partial charge >= 0.3 is 0 Å². The van der Waals surface area contributed by atoms with Crippen molar-refractivity contribution in [2.45, 2.75) is 20.3 Å². The molecular weight excluding hydrogens is 341 g/mol. The monoisotopic (exact) mass is 359 g/mol. The van der Waals surface area contributed by atoms with Crippen LogP contribution in [0.25, 0.3) is 6.08 Å². The maximum absolute atomic E-state index is 11.7. The first-order valence-electron chi connectivity index (χ1n) is 6.85. The number of nitrogens with one attached hydrogen (secondary N) is 3. The highest BCUT2D eigenvalue weighted by atomic mass is 35.5. The zero-order valence-corrected chi connectivity index (χ0v) is 14.8. The van der Waals surface area contributed by atoms with Crippen LogP contribution in [0.1, 0.15) is 25.8 Å². The summed E-state index contributed by atoms with van der Waals surface area (Å²) in [7, 11) is 0. The van der Waals surface area contributed by atoms with Gasteiger partial charge in [0, 0.05) is 22.7 Å². The van der Waals surface area contributed by atoms with Crippen molar-refractivity contribution < 1.29 is 4.79 Å². The summed E-state index contributed by atoms with van der Waals surface area (Å²) < 4.78 is 0. The summed E-state index contributed by atoms with van der Waals surface area (Å²) in [4.78, 5) is 11.7. The zero-order valence-electron chi connectivity index (χ0n) is 12.5. The minimum Gasteiger partial charge on any atom is -0.361 e. The predicted molar refractivity (Wildman–Crippen MR) is 96.8 cm³/mol. The second-order valence-electron chi connectivity index (χ2n) is 5.05. The second-order valence-corrected chi connectivity index (χ2v) is 6.30. The highest BCUT2D eigenvalue weighted by Crippen LogP contribution is 2.21. The molecule has 0 spiro atoms. The minimum atomic E-state index is -0.334. The van der Waals surface area contributed by atoms with E-state index in [-0.39, 0.29) is 5.91 Å². The van der Waals surface area contributed by atoms with E-state index in [1.165, 1.54) is 6.08 Å². The van der Waals surface area contributed by atoms with E-state index < -0.39 is 0 Å². The summed E-state index contributed by atoms with van der Waals surface area (Å²) in [6, 6.07) is 5.06. The van der Waals surface area contributed by atoms with Crippen molar-refractivity contribution in [2.75, 3.05) is 6.54 Å². The number of halogens is 2. The van der Waals surface area contributed by atoms with Gasteiger partial charge in [-0.2, -0.15) is 0 Å². The third-order valence-electron chi connectivity index (χ3n) is 2.68. The minimum absolute atomic E-state index is 0.334. The SMILES string of the molecule is CC(C)CCNC(=S)NNC(=O)/C=C/c1ccc(Cl)cc1Cl. The number of carbonyl (C=O) groups is 1. The largest absolute Gasteiger partial charge is 0.361 e. The van der Waals surface area contributed by atoms with E-state index in [4.69, 9.17) is 35.4 Å². The number of benzene rings is 1. The molecule has 0 unspecified atom stereocenters. The van der Waals surface area contributed by atoms with Gasteiger partial charge in [-0.1, -0.05) is 43.1 Å². The van der Waals surface area contributed by atoms with Crippen LogP contribution in [0.15, 0.2) is 24.3 Å². The molecule has 1 rings (SSSR count). The standard InChI is InChI=1S/C15H19Cl2N3OS/c1-10(2)7-8-18-15(22)20-19-14(21)6-4-11-3-5-12(16)9-13(11)17/h3-6,9-10H,7-8H2,1-2H3,(H,19,21)(H2,18,20,22)/b6-4+. The quantitative estimate of drug-likeness (QED) is 0.427. The average molecular weight is 360 g/mol. The molecule has 0 aliphatic rings. The number of hydrazine groups is 1. The molecule has 0 atom stereocenters. The van der Waals surface area contributed by atoms with E-state index in [0.717, 1.165) is 13.0 Å². The van der Waals surface area contributed by atoms with Gasteiger partial charge in [0.05, 0.1) is 0 Å². The molecule has 0 aliphatic heterocycles. The van der Waals surface area contributed by atoms with E-state index in [1.54, 1.807) is 24.3 Å². The Balaban J connectivity index is 2.36. The fraction of sp³-hybridized carbons (Fsp3) is 0.333. The Bertz CT molecular complexity index is 562. The first kappa shape index (κ1) is 18.7. The van der Waals surface area contributed by atoms with Crippen LogP contribution < -0.4 is 16.2 Å². The molecule has 120 valence electrons. The van der Waals surface area contributed by atoms with Gasteiger partial charge in [0.1, 0.15) is 0 Å². The summed E-state index contributed by atoms with van der Waals surface area (Å²) in [6.45, 7) is 5.02. The molecule has 0 aromatic heterocycles. The van der Waals surface area contributed by atoms with Gasteiger partial charge in [-0.15, -0.1) is 0 Å². The third kappa shape index (κ3) is 7.64. The lowest BCUT2D eigenvalue weighted by molar-refractivity contribution is -0.116. The molecule has 1 aromatic rings. The van der Waals surface area contributed by atoms with Crippen molar-refractivity contribution in [3.8, 4) is 0 Å². The molecule has 0 saturated carbocycles. The van der Waals surface area contributed by atoms with Gasteiger partial charge in [0.15, 0.2) is 5.11 Å². The van der Waals surface area contributed by atoms with Crippen molar-refractivity contribution in [2.24, 2.45) is 5.92 Å². The number of rotatable bonds is 5. The second kappa shape index (κ2) is 9.66. The maximum Gasteiger partial charge on any atom is 0.262 e. The third-order valence-corrected chi connectivity index (χ3v) is 3.49. The number of amides is 1. The lowest BCUT2D eigenvalue weighted by Crippen LogP contribution is -2.46. The molecule has 0 radical (unpaired) electrons. The molecule has 4 nitrogen and oxygen atoms in total. The predicted octanol–water partition coefficient (Wildman–Crippen LogP) is 3.55. The van der Waals surface area contributed by atoms with Gasteiger partial charge in [-0.05, 0) is 48.3 Å². The van der Waals surface area contributed by atoms with E-state index in [0.29, 0.717) is 26.6 Å². The molecule has 0 saturated heterocycles. The molecule has 22 heavy (non-hydrogen) atoms. The lowest BCUT2D eigenvalue weighted by atomic mass is 10.1.